The number of carbonyl (C=O) groups is 1. The molecule has 25 heavy (non-hydrogen) atoms. The third-order valence-corrected chi connectivity index (χ3v) is 6.11. The van der Waals surface area contributed by atoms with Crippen LogP contribution in [-0.4, -0.2) is 31.1 Å². The molecule has 0 fully saturated rings. The van der Waals surface area contributed by atoms with Crippen LogP contribution >= 0.6 is 0 Å². The standard InChI is InChI=1S/C20H25NO3S/c1-4-18-14-19(9-7-5-6-8-17(3)22)21(15-18)25(23,24)20-12-10-16(2)11-13-20/h4,6,8,10-14,19H,1,5,7,9,15H2,2-3H3/b8-6+. The van der Waals surface area contributed by atoms with Crippen molar-refractivity contribution in [3.8, 4) is 0 Å². The van der Waals surface area contributed by atoms with Crippen molar-refractivity contribution >= 4 is 15.8 Å². The van der Waals surface area contributed by atoms with Crippen molar-refractivity contribution in [2.45, 2.75) is 44.0 Å². The van der Waals surface area contributed by atoms with Crippen LogP contribution in [0.1, 0.15) is 31.7 Å². The minimum Gasteiger partial charge on any atom is -0.295 e. The van der Waals surface area contributed by atoms with Crippen LogP contribution in [0.25, 0.3) is 0 Å². The van der Waals surface area contributed by atoms with Gasteiger partial charge in [0.25, 0.3) is 0 Å². The predicted molar refractivity (Wildman–Crippen MR) is 101 cm³/mol. The van der Waals surface area contributed by atoms with Crippen molar-refractivity contribution in [1.29, 1.82) is 0 Å². The second-order valence-electron chi connectivity index (χ2n) is 6.32. The Hall–Kier alpha value is -1.98. The van der Waals surface area contributed by atoms with Gasteiger partial charge in [0.1, 0.15) is 0 Å². The number of nitrogens with zero attached hydrogens (tertiary/aromatic N) is 1. The first-order valence-electron chi connectivity index (χ1n) is 8.43. The second-order valence-corrected chi connectivity index (χ2v) is 8.21. The van der Waals surface area contributed by atoms with Gasteiger partial charge in [-0.25, -0.2) is 8.42 Å². The summed E-state index contributed by atoms with van der Waals surface area (Å²) in [5, 5.41) is 0. The van der Waals surface area contributed by atoms with Crippen LogP contribution in [0.4, 0.5) is 0 Å². The topological polar surface area (TPSA) is 54.5 Å². The summed E-state index contributed by atoms with van der Waals surface area (Å²) < 4.78 is 27.5. The number of benzene rings is 1. The quantitative estimate of drug-likeness (QED) is 0.524. The number of ketones is 1. The zero-order valence-corrected chi connectivity index (χ0v) is 15.6. The molecule has 1 unspecified atom stereocenters. The summed E-state index contributed by atoms with van der Waals surface area (Å²) in [6, 6.07) is 6.76. The smallest absolute Gasteiger partial charge is 0.243 e. The number of sulfonamides is 1. The molecule has 1 heterocycles. The number of unbranched alkanes of at least 4 members (excludes halogenated alkanes) is 1. The number of hydrogen-bond donors (Lipinski definition) is 0. The molecule has 1 atom stereocenters. The Balaban J connectivity index is 2.13. The molecule has 5 heteroatoms. The van der Waals surface area contributed by atoms with E-state index in [1.807, 2.05) is 31.2 Å². The number of allylic oxidation sites excluding steroid dienone is 2. The Labute approximate surface area is 150 Å². The van der Waals surface area contributed by atoms with Crippen molar-refractivity contribution in [2.75, 3.05) is 6.54 Å². The molecule has 0 amide bonds. The Bertz CT molecular complexity index is 789. The summed E-state index contributed by atoms with van der Waals surface area (Å²) in [5.41, 5.74) is 1.96. The second kappa shape index (κ2) is 8.41. The van der Waals surface area contributed by atoms with Crippen LogP contribution in [0.5, 0.6) is 0 Å². The largest absolute Gasteiger partial charge is 0.295 e. The van der Waals surface area contributed by atoms with Gasteiger partial charge in [-0.2, -0.15) is 4.31 Å². The van der Waals surface area contributed by atoms with Gasteiger partial charge >= 0.3 is 0 Å². The first-order valence-corrected chi connectivity index (χ1v) is 9.87. The van der Waals surface area contributed by atoms with Gasteiger partial charge in [-0.3, -0.25) is 4.79 Å². The van der Waals surface area contributed by atoms with Crippen LogP contribution in [0, 0.1) is 6.92 Å². The van der Waals surface area contributed by atoms with Gasteiger partial charge in [-0.1, -0.05) is 42.5 Å². The fourth-order valence-corrected chi connectivity index (χ4v) is 4.44. The number of rotatable bonds is 8. The molecule has 0 N–H and O–H groups in total. The van der Waals surface area contributed by atoms with Gasteiger partial charge < -0.3 is 0 Å². The van der Waals surface area contributed by atoms with Crippen molar-refractivity contribution in [3.63, 3.8) is 0 Å². The summed E-state index contributed by atoms with van der Waals surface area (Å²) in [5.74, 6) is 0.0262. The highest BCUT2D eigenvalue weighted by molar-refractivity contribution is 7.89. The molecule has 0 aliphatic carbocycles. The van der Waals surface area contributed by atoms with Crippen molar-refractivity contribution in [3.05, 3.63) is 66.3 Å². The van der Waals surface area contributed by atoms with Gasteiger partial charge in [0, 0.05) is 12.6 Å². The van der Waals surface area contributed by atoms with Gasteiger partial charge in [-0.15, -0.1) is 0 Å². The predicted octanol–water partition coefficient (Wildman–Crippen LogP) is 3.80. The molecule has 1 aliphatic rings. The lowest BCUT2D eigenvalue weighted by atomic mass is 10.1. The van der Waals surface area contributed by atoms with Gasteiger partial charge in [0.15, 0.2) is 5.78 Å². The summed E-state index contributed by atoms with van der Waals surface area (Å²) in [7, 11) is -3.54. The number of carbonyl (C=O) groups excluding carboxylic acids is 1. The molecule has 1 aromatic rings. The molecule has 1 aliphatic heterocycles. The third-order valence-electron chi connectivity index (χ3n) is 4.23. The summed E-state index contributed by atoms with van der Waals surface area (Å²) in [6.07, 6.45) is 9.38. The van der Waals surface area contributed by atoms with Crippen molar-refractivity contribution < 1.29 is 13.2 Å². The van der Waals surface area contributed by atoms with E-state index in [0.29, 0.717) is 17.9 Å². The molecule has 0 saturated heterocycles. The molecule has 0 radical (unpaired) electrons. The molecule has 4 nitrogen and oxygen atoms in total. The lowest BCUT2D eigenvalue weighted by Gasteiger charge is -2.24. The van der Waals surface area contributed by atoms with Gasteiger partial charge in [0.2, 0.25) is 10.0 Å². The van der Waals surface area contributed by atoms with E-state index in [0.717, 1.165) is 24.0 Å². The average Bonchev–Trinajstić information content (AvgIpc) is 2.99. The molecular weight excluding hydrogens is 334 g/mol. The highest BCUT2D eigenvalue weighted by Gasteiger charge is 2.34. The SMILES string of the molecule is C=CC1=CC(CCC/C=C/C(C)=O)N(S(=O)(=O)c2ccc(C)cc2)C1. The summed E-state index contributed by atoms with van der Waals surface area (Å²) in [6.45, 7) is 7.57. The maximum atomic E-state index is 13.0. The van der Waals surface area contributed by atoms with E-state index in [9.17, 15) is 13.2 Å². The third kappa shape index (κ3) is 5.00. The van der Waals surface area contributed by atoms with E-state index < -0.39 is 10.0 Å². The average molecular weight is 359 g/mol. The van der Waals surface area contributed by atoms with E-state index in [1.165, 1.54) is 6.92 Å². The number of hydrogen-bond acceptors (Lipinski definition) is 3. The van der Waals surface area contributed by atoms with Crippen LogP contribution in [0.2, 0.25) is 0 Å². The normalized spacial score (nSPS) is 18.5. The van der Waals surface area contributed by atoms with E-state index in [2.05, 4.69) is 6.58 Å². The minimum atomic E-state index is -3.54. The lowest BCUT2D eigenvalue weighted by Crippen LogP contribution is -2.36. The fraction of sp³-hybridized carbons (Fsp3) is 0.350. The summed E-state index contributed by atoms with van der Waals surface area (Å²) in [4.78, 5) is 11.2. The molecule has 0 saturated carbocycles. The Morgan fingerprint density at radius 3 is 2.60 bits per heavy atom. The number of aryl methyl sites for hydroxylation is 1. The van der Waals surface area contributed by atoms with Crippen molar-refractivity contribution in [1.82, 2.24) is 4.31 Å². The first kappa shape index (κ1) is 19.3. The van der Waals surface area contributed by atoms with E-state index in [1.54, 1.807) is 28.6 Å². The minimum absolute atomic E-state index is 0.0262. The molecule has 0 bridgehead atoms. The fourth-order valence-electron chi connectivity index (χ4n) is 2.84. The Morgan fingerprint density at radius 1 is 1.32 bits per heavy atom. The maximum Gasteiger partial charge on any atom is 0.243 e. The lowest BCUT2D eigenvalue weighted by molar-refractivity contribution is -0.112. The van der Waals surface area contributed by atoms with Crippen molar-refractivity contribution in [2.24, 2.45) is 0 Å². The molecule has 134 valence electrons. The molecule has 0 aromatic heterocycles. The van der Waals surface area contributed by atoms with Gasteiger partial charge in [-0.05, 0) is 56.9 Å². The molecular formula is C20H25NO3S. The van der Waals surface area contributed by atoms with Crippen LogP contribution in [0.15, 0.2) is 65.6 Å². The van der Waals surface area contributed by atoms with Crippen LogP contribution in [-0.2, 0) is 14.8 Å². The Kier molecular flexibility index (Phi) is 6.51. The summed E-state index contributed by atoms with van der Waals surface area (Å²) >= 11 is 0. The van der Waals surface area contributed by atoms with E-state index in [-0.39, 0.29) is 11.8 Å². The molecule has 1 aromatic carbocycles. The van der Waals surface area contributed by atoms with E-state index >= 15 is 0 Å². The van der Waals surface area contributed by atoms with Crippen LogP contribution < -0.4 is 0 Å². The molecule has 2 rings (SSSR count). The first-order chi connectivity index (χ1) is 11.8. The van der Waals surface area contributed by atoms with E-state index in [4.69, 9.17) is 0 Å². The zero-order valence-electron chi connectivity index (χ0n) is 14.8. The monoisotopic (exact) mass is 359 g/mol. The zero-order chi connectivity index (χ0) is 18.4. The maximum absolute atomic E-state index is 13.0. The highest BCUT2D eigenvalue weighted by Crippen LogP contribution is 2.28. The highest BCUT2D eigenvalue weighted by atomic mass is 32.2. The Morgan fingerprint density at radius 2 is 2.00 bits per heavy atom. The van der Waals surface area contributed by atoms with Crippen LogP contribution in [0.3, 0.4) is 0 Å². The van der Waals surface area contributed by atoms with Gasteiger partial charge in [0.05, 0.1) is 4.90 Å². The molecule has 0 spiro atoms.